The van der Waals surface area contributed by atoms with Crippen molar-refractivity contribution in [1.29, 1.82) is 0 Å². The lowest BCUT2D eigenvalue weighted by Crippen LogP contribution is -2.33. The Labute approximate surface area is 81.3 Å². The molecule has 0 amide bonds. The van der Waals surface area contributed by atoms with Crippen LogP contribution in [-0.2, 0) is 4.79 Å². The summed E-state index contributed by atoms with van der Waals surface area (Å²) in [5, 5.41) is 9.03. The molecule has 0 bridgehead atoms. The van der Waals surface area contributed by atoms with Crippen LogP contribution in [0, 0.1) is 17.3 Å². The van der Waals surface area contributed by atoms with Crippen LogP contribution in [-0.4, -0.2) is 17.5 Å². The molecule has 2 heteroatoms. The van der Waals surface area contributed by atoms with Gasteiger partial charge < -0.3 is 5.11 Å². The summed E-state index contributed by atoms with van der Waals surface area (Å²) in [5.41, 5.74) is -0.575. The van der Waals surface area contributed by atoms with Crippen molar-refractivity contribution < 1.29 is 9.90 Å². The van der Waals surface area contributed by atoms with Gasteiger partial charge in [-0.3, -0.25) is 4.79 Å². The van der Waals surface area contributed by atoms with Gasteiger partial charge in [-0.25, -0.2) is 0 Å². The largest absolute Gasteiger partial charge is 0.395 e. The zero-order chi connectivity index (χ0) is 10.6. The summed E-state index contributed by atoms with van der Waals surface area (Å²) in [6, 6.07) is 0. The number of carbonyl (C=O) groups excluding carboxylic acids is 1. The van der Waals surface area contributed by atoms with Crippen LogP contribution in [0.1, 0.15) is 41.0 Å². The first-order chi connectivity index (χ1) is 5.81. The monoisotopic (exact) mass is 186 g/mol. The zero-order valence-corrected chi connectivity index (χ0v) is 9.42. The summed E-state index contributed by atoms with van der Waals surface area (Å²) < 4.78 is 0. The molecular weight excluding hydrogens is 164 g/mol. The summed E-state index contributed by atoms with van der Waals surface area (Å²) >= 11 is 0. The molecule has 0 aliphatic carbocycles. The minimum atomic E-state index is -0.575. The zero-order valence-electron chi connectivity index (χ0n) is 9.42. The third-order valence-electron chi connectivity index (χ3n) is 2.33. The second-order valence-corrected chi connectivity index (χ2v) is 4.94. The minimum absolute atomic E-state index is 0.0575. The van der Waals surface area contributed by atoms with E-state index in [-0.39, 0.29) is 18.3 Å². The molecule has 0 aromatic carbocycles. The number of Topliss-reactive ketones (excluding diaryl/α,β-unsaturated/α-hetero) is 1. The van der Waals surface area contributed by atoms with Crippen molar-refractivity contribution in [2.75, 3.05) is 6.61 Å². The third-order valence-corrected chi connectivity index (χ3v) is 2.33. The number of aliphatic hydroxyl groups excluding tert-OH is 1. The Kier molecular flexibility index (Phi) is 4.62. The molecule has 0 heterocycles. The summed E-state index contributed by atoms with van der Waals surface area (Å²) in [6.45, 7) is 9.69. The summed E-state index contributed by atoms with van der Waals surface area (Å²) in [6.07, 6.45) is 0.905. The normalized spacial score (nSPS) is 14.7. The molecule has 0 aliphatic heterocycles. The van der Waals surface area contributed by atoms with Gasteiger partial charge in [0, 0.05) is 11.3 Å². The van der Waals surface area contributed by atoms with Crippen molar-refractivity contribution in [2.45, 2.75) is 41.0 Å². The van der Waals surface area contributed by atoms with Gasteiger partial charge in [-0.05, 0) is 12.3 Å². The number of hydrogen-bond donors (Lipinski definition) is 1. The van der Waals surface area contributed by atoms with E-state index in [0.717, 1.165) is 6.42 Å². The Hall–Kier alpha value is -0.370. The van der Waals surface area contributed by atoms with Crippen LogP contribution in [0.25, 0.3) is 0 Å². The van der Waals surface area contributed by atoms with Crippen molar-refractivity contribution in [3.05, 3.63) is 0 Å². The Balaban J connectivity index is 4.25. The fourth-order valence-electron chi connectivity index (χ4n) is 1.56. The molecule has 0 saturated heterocycles. The van der Waals surface area contributed by atoms with E-state index in [1.807, 2.05) is 6.92 Å². The molecule has 0 fully saturated rings. The summed E-state index contributed by atoms with van der Waals surface area (Å²) in [7, 11) is 0. The fourth-order valence-corrected chi connectivity index (χ4v) is 1.56. The van der Waals surface area contributed by atoms with Crippen molar-refractivity contribution >= 4 is 5.78 Å². The van der Waals surface area contributed by atoms with E-state index in [1.165, 1.54) is 0 Å². The molecule has 78 valence electrons. The quantitative estimate of drug-likeness (QED) is 0.715. The number of carbonyl (C=O) groups is 1. The second kappa shape index (κ2) is 4.75. The highest BCUT2D eigenvalue weighted by molar-refractivity contribution is 5.86. The maximum Gasteiger partial charge on any atom is 0.143 e. The lowest BCUT2D eigenvalue weighted by atomic mass is 9.80. The molecule has 0 aliphatic rings. The van der Waals surface area contributed by atoms with Crippen LogP contribution in [0.5, 0.6) is 0 Å². The highest BCUT2D eigenvalue weighted by atomic mass is 16.3. The number of aliphatic hydroxyl groups is 1. The number of ketones is 1. The van der Waals surface area contributed by atoms with E-state index in [1.54, 1.807) is 13.8 Å². The van der Waals surface area contributed by atoms with Crippen molar-refractivity contribution in [2.24, 2.45) is 17.3 Å². The molecule has 0 radical (unpaired) electrons. The van der Waals surface area contributed by atoms with Gasteiger partial charge in [-0.1, -0.05) is 34.6 Å². The molecular formula is C11H22O2. The van der Waals surface area contributed by atoms with Crippen LogP contribution >= 0.6 is 0 Å². The first-order valence-electron chi connectivity index (χ1n) is 4.96. The van der Waals surface area contributed by atoms with Gasteiger partial charge in [0.2, 0.25) is 0 Å². The molecule has 0 rings (SSSR count). The van der Waals surface area contributed by atoms with Gasteiger partial charge >= 0.3 is 0 Å². The molecule has 1 atom stereocenters. The van der Waals surface area contributed by atoms with E-state index >= 15 is 0 Å². The Morgan fingerprint density at radius 1 is 1.31 bits per heavy atom. The molecule has 13 heavy (non-hydrogen) atoms. The van der Waals surface area contributed by atoms with Gasteiger partial charge in [0.1, 0.15) is 5.78 Å². The van der Waals surface area contributed by atoms with E-state index in [9.17, 15) is 4.79 Å². The molecule has 2 nitrogen and oxygen atoms in total. The van der Waals surface area contributed by atoms with E-state index in [2.05, 4.69) is 13.8 Å². The maximum absolute atomic E-state index is 11.8. The SMILES string of the molecule is CC(C)C[C@H](C)C(=O)C(C)(C)CO. The van der Waals surface area contributed by atoms with Crippen molar-refractivity contribution in [3.8, 4) is 0 Å². The van der Waals surface area contributed by atoms with Gasteiger partial charge in [0.05, 0.1) is 6.61 Å². The Morgan fingerprint density at radius 2 is 1.77 bits per heavy atom. The highest BCUT2D eigenvalue weighted by Crippen LogP contribution is 2.24. The van der Waals surface area contributed by atoms with E-state index in [4.69, 9.17) is 5.11 Å². The number of hydrogen-bond acceptors (Lipinski definition) is 2. The standard InChI is InChI=1S/C11H22O2/c1-8(2)6-9(3)10(13)11(4,5)7-12/h8-9,12H,6-7H2,1-5H3/t9-/m0/s1. The van der Waals surface area contributed by atoms with Crippen LogP contribution < -0.4 is 0 Å². The second-order valence-electron chi connectivity index (χ2n) is 4.94. The third kappa shape index (κ3) is 3.90. The van der Waals surface area contributed by atoms with E-state index in [0.29, 0.717) is 5.92 Å². The molecule has 0 saturated carbocycles. The number of rotatable bonds is 5. The first-order valence-corrected chi connectivity index (χ1v) is 4.96. The smallest absolute Gasteiger partial charge is 0.143 e. The van der Waals surface area contributed by atoms with E-state index < -0.39 is 5.41 Å². The predicted octanol–water partition coefficient (Wildman–Crippen LogP) is 2.26. The lowest BCUT2D eigenvalue weighted by Gasteiger charge is -2.25. The maximum atomic E-state index is 11.8. The lowest BCUT2D eigenvalue weighted by molar-refractivity contribution is -0.133. The highest BCUT2D eigenvalue weighted by Gasteiger charge is 2.30. The molecule has 1 N–H and O–H groups in total. The van der Waals surface area contributed by atoms with Crippen molar-refractivity contribution in [1.82, 2.24) is 0 Å². The average molecular weight is 186 g/mol. The van der Waals surface area contributed by atoms with Crippen LogP contribution in [0.3, 0.4) is 0 Å². The average Bonchev–Trinajstić information content (AvgIpc) is 2.01. The Morgan fingerprint density at radius 3 is 2.08 bits per heavy atom. The summed E-state index contributed by atoms with van der Waals surface area (Å²) in [4.78, 5) is 11.8. The first kappa shape index (κ1) is 12.6. The summed E-state index contributed by atoms with van der Waals surface area (Å²) in [5.74, 6) is 0.763. The van der Waals surface area contributed by atoms with Gasteiger partial charge in [0.15, 0.2) is 0 Å². The van der Waals surface area contributed by atoms with Crippen LogP contribution in [0.4, 0.5) is 0 Å². The molecule has 0 spiro atoms. The van der Waals surface area contributed by atoms with Crippen LogP contribution in [0.2, 0.25) is 0 Å². The van der Waals surface area contributed by atoms with Gasteiger partial charge in [-0.2, -0.15) is 0 Å². The minimum Gasteiger partial charge on any atom is -0.395 e. The molecule has 0 unspecified atom stereocenters. The van der Waals surface area contributed by atoms with Gasteiger partial charge in [-0.15, -0.1) is 0 Å². The van der Waals surface area contributed by atoms with Gasteiger partial charge in [0.25, 0.3) is 0 Å². The fraction of sp³-hybridized carbons (Fsp3) is 0.909. The predicted molar refractivity (Wildman–Crippen MR) is 54.5 cm³/mol. The topological polar surface area (TPSA) is 37.3 Å². The molecule has 0 aromatic rings. The van der Waals surface area contributed by atoms with Crippen molar-refractivity contribution in [3.63, 3.8) is 0 Å². The van der Waals surface area contributed by atoms with Crippen LogP contribution in [0.15, 0.2) is 0 Å². The molecule has 0 aromatic heterocycles. The Bertz CT molecular complexity index is 171.